The summed E-state index contributed by atoms with van der Waals surface area (Å²) in [5.74, 6) is -0.701. The predicted octanol–water partition coefficient (Wildman–Crippen LogP) is 1.09. The average molecular weight is 314 g/mol. The second-order valence-electron chi connectivity index (χ2n) is 4.54. The molecule has 0 aliphatic carbocycles. The molecule has 0 bridgehead atoms. The lowest BCUT2D eigenvalue weighted by molar-refractivity contribution is -0.134. The zero-order valence-corrected chi connectivity index (χ0v) is 12.1. The van der Waals surface area contributed by atoms with Gasteiger partial charge in [0.25, 0.3) is 0 Å². The summed E-state index contributed by atoms with van der Waals surface area (Å²) in [6.07, 6.45) is 0.302. The number of aromatic carboxylic acids is 1. The summed E-state index contributed by atoms with van der Waals surface area (Å²) in [5, 5.41) is 11.9. The van der Waals surface area contributed by atoms with Crippen LogP contribution in [0, 0.1) is 0 Å². The first-order valence-corrected chi connectivity index (χ1v) is 6.94. The number of carbonyl (C=O) groups is 2. The number of anilines is 1. The number of hydrogen-bond acceptors (Lipinski definition) is 5. The molecule has 0 unspecified atom stereocenters. The second-order valence-corrected chi connectivity index (χ2v) is 4.93. The number of rotatable bonds is 5. The summed E-state index contributed by atoms with van der Waals surface area (Å²) >= 11 is 5.75. The van der Waals surface area contributed by atoms with Crippen LogP contribution in [0.3, 0.4) is 0 Å². The Morgan fingerprint density at radius 2 is 2.10 bits per heavy atom. The van der Waals surface area contributed by atoms with Crippen LogP contribution in [0.15, 0.2) is 12.1 Å². The predicted molar refractivity (Wildman–Crippen MR) is 76.7 cm³/mol. The highest BCUT2D eigenvalue weighted by Crippen LogP contribution is 2.14. The van der Waals surface area contributed by atoms with E-state index < -0.39 is 5.97 Å². The molecule has 0 radical (unpaired) electrons. The van der Waals surface area contributed by atoms with Crippen LogP contribution >= 0.6 is 11.6 Å². The number of ether oxygens (including phenoxy) is 1. The van der Waals surface area contributed by atoms with Gasteiger partial charge in [-0.2, -0.15) is 0 Å². The van der Waals surface area contributed by atoms with Crippen molar-refractivity contribution in [3.05, 3.63) is 22.8 Å². The second kappa shape index (κ2) is 7.24. The number of nitrogens with zero attached hydrogens (tertiary/aromatic N) is 2. The fourth-order valence-corrected chi connectivity index (χ4v) is 2.19. The minimum Gasteiger partial charge on any atom is -0.478 e. The first-order chi connectivity index (χ1) is 10.1. The molecular formula is C13H16ClN3O4. The van der Waals surface area contributed by atoms with Crippen molar-refractivity contribution in [3.63, 3.8) is 0 Å². The minimum atomic E-state index is -1.08. The van der Waals surface area contributed by atoms with E-state index in [0.717, 1.165) is 0 Å². The highest BCUT2D eigenvalue weighted by Gasteiger charge is 2.16. The van der Waals surface area contributed by atoms with E-state index in [1.807, 2.05) is 0 Å². The minimum absolute atomic E-state index is 0.0336. The van der Waals surface area contributed by atoms with Crippen molar-refractivity contribution in [2.24, 2.45) is 0 Å². The SMILES string of the molecule is O=C(O)c1cc(Cl)nc(NCCC(=O)N2CCOCC2)c1. The third-order valence-corrected chi connectivity index (χ3v) is 3.24. The quantitative estimate of drug-likeness (QED) is 0.791. The smallest absolute Gasteiger partial charge is 0.335 e. The Balaban J connectivity index is 1.85. The number of halogens is 1. The molecule has 21 heavy (non-hydrogen) atoms. The lowest BCUT2D eigenvalue weighted by Crippen LogP contribution is -2.41. The van der Waals surface area contributed by atoms with Crippen molar-refractivity contribution in [1.29, 1.82) is 0 Å². The van der Waals surface area contributed by atoms with Gasteiger partial charge in [-0.15, -0.1) is 0 Å². The lowest BCUT2D eigenvalue weighted by atomic mass is 10.2. The van der Waals surface area contributed by atoms with Crippen LogP contribution in [0.1, 0.15) is 16.8 Å². The maximum Gasteiger partial charge on any atom is 0.335 e. The Labute approximate surface area is 126 Å². The first-order valence-electron chi connectivity index (χ1n) is 6.56. The van der Waals surface area contributed by atoms with Crippen molar-refractivity contribution in [2.75, 3.05) is 38.2 Å². The van der Waals surface area contributed by atoms with E-state index in [0.29, 0.717) is 45.1 Å². The zero-order valence-electron chi connectivity index (χ0n) is 11.3. The van der Waals surface area contributed by atoms with Crippen LogP contribution in [0.4, 0.5) is 5.82 Å². The van der Waals surface area contributed by atoms with Gasteiger partial charge in [-0.25, -0.2) is 9.78 Å². The summed E-state index contributed by atoms with van der Waals surface area (Å²) in [5.41, 5.74) is 0.0528. The normalized spacial score (nSPS) is 14.8. The number of carboxylic acids is 1. The van der Waals surface area contributed by atoms with E-state index >= 15 is 0 Å². The van der Waals surface area contributed by atoms with Gasteiger partial charge in [0.2, 0.25) is 5.91 Å². The molecule has 1 aromatic heterocycles. The maximum atomic E-state index is 11.9. The summed E-state index contributed by atoms with van der Waals surface area (Å²) in [7, 11) is 0. The molecular weight excluding hydrogens is 298 g/mol. The number of pyridine rings is 1. The van der Waals surface area contributed by atoms with E-state index in [9.17, 15) is 9.59 Å². The molecule has 8 heteroatoms. The van der Waals surface area contributed by atoms with Gasteiger partial charge >= 0.3 is 5.97 Å². The van der Waals surface area contributed by atoms with Crippen LogP contribution in [0.25, 0.3) is 0 Å². The molecule has 1 amide bonds. The highest BCUT2D eigenvalue weighted by atomic mass is 35.5. The molecule has 1 fully saturated rings. The molecule has 1 aliphatic heterocycles. The summed E-state index contributed by atoms with van der Waals surface area (Å²) in [4.78, 5) is 28.5. The lowest BCUT2D eigenvalue weighted by Gasteiger charge is -2.26. The maximum absolute atomic E-state index is 11.9. The number of amides is 1. The standard InChI is InChI=1S/C13H16ClN3O4/c14-10-7-9(13(19)20)8-11(16-10)15-2-1-12(18)17-3-5-21-6-4-17/h7-8H,1-6H2,(H,15,16)(H,19,20). The van der Waals surface area contributed by atoms with E-state index in [1.54, 1.807) is 4.90 Å². The summed E-state index contributed by atoms with van der Waals surface area (Å²) < 4.78 is 5.18. The highest BCUT2D eigenvalue weighted by molar-refractivity contribution is 6.29. The van der Waals surface area contributed by atoms with Gasteiger partial charge in [0, 0.05) is 26.1 Å². The van der Waals surface area contributed by atoms with Crippen LogP contribution in [-0.4, -0.2) is 59.7 Å². The number of morpholine rings is 1. The largest absolute Gasteiger partial charge is 0.478 e. The number of aromatic nitrogens is 1. The van der Waals surface area contributed by atoms with Crippen LogP contribution in [0.5, 0.6) is 0 Å². The Hall–Kier alpha value is -1.86. The first kappa shape index (κ1) is 15.5. The molecule has 0 saturated carbocycles. The van der Waals surface area contributed by atoms with Crippen LogP contribution in [0.2, 0.25) is 5.15 Å². The molecule has 7 nitrogen and oxygen atoms in total. The molecule has 2 rings (SSSR count). The summed E-state index contributed by atoms with van der Waals surface area (Å²) in [6, 6.07) is 2.65. The van der Waals surface area contributed by atoms with Gasteiger partial charge in [-0.05, 0) is 12.1 Å². The van der Waals surface area contributed by atoms with E-state index in [4.69, 9.17) is 21.4 Å². The Morgan fingerprint density at radius 3 is 2.76 bits per heavy atom. The van der Waals surface area contributed by atoms with Gasteiger partial charge in [-0.3, -0.25) is 4.79 Å². The summed E-state index contributed by atoms with van der Waals surface area (Å²) in [6.45, 7) is 2.71. The van der Waals surface area contributed by atoms with Crippen LogP contribution in [-0.2, 0) is 9.53 Å². The average Bonchev–Trinajstić information content (AvgIpc) is 2.47. The van der Waals surface area contributed by atoms with Crippen molar-refractivity contribution in [1.82, 2.24) is 9.88 Å². The van der Waals surface area contributed by atoms with Crippen LogP contribution < -0.4 is 5.32 Å². The molecule has 0 aromatic carbocycles. The Morgan fingerprint density at radius 1 is 1.38 bits per heavy atom. The molecule has 0 spiro atoms. The molecule has 1 saturated heterocycles. The van der Waals surface area contributed by atoms with Gasteiger partial charge < -0.3 is 20.1 Å². The van der Waals surface area contributed by atoms with Crippen molar-refractivity contribution in [2.45, 2.75) is 6.42 Å². The Bertz CT molecular complexity index is 532. The van der Waals surface area contributed by atoms with Gasteiger partial charge in [0.15, 0.2) is 0 Å². The van der Waals surface area contributed by atoms with Crippen molar-refractivity contribution >= 4 is 29.3 Å². The van der Waals surface area contributed by atoms with E-state index in [1.165, 1.54) is 12.1 Å². The molecule has 2 N–H and O–H groups in total. The third kappa shape index (κ3) is 4.57. The molecule has 114 valence electrons. The number of carboxylic acid groups (broad SMARTS) is 1. The van der Waals surface area contributed by atoms with Crippen molar-refractivity contribution in [3.8, 4) is 0 Å². The van der Waals surface area contributed by atoms with Gasteiger partial charge in [-0.1, -0.05) is 11.6 Å². The molecule has 1 aliphatic rings. The fourth-order valence-electron chi connectivity index (χ4n) is 1.98. The third-order valence-electron chi connectivity index (χ3n) is 3.05. The molecule has 0 atom stereocenters. The van der Waals surface area contributed by atoms with Gasteiger partial charge in [0.1, 0.15) is 11.0 Å². The number of hydrogen-bond donors (Lipinski definition) is 2. The molecule has 2 heterocycles. The monoisotopic (exact) mass is 313 g/mol. The van der Waals surface area contributed by atoms with Crippen molar-refractivity contribution < 1.29 is 19.4 Å². The zero-order chi connectivity index (χ0) is 15.2. The van der Waals surface area contributed by atoms with E-state index in [2.05, 4.69) is 10.3 Å². The fraction of sp³-hybridized carbons (Fsp3) is 0.462. The van der Waals surface area contributed by atoms with Gasteiger partial charge in [0.05, 0.1) is 18.8 Å². The Kier molecular flexibility index (Phi) is 5.35. The number of nitrogens with one attached hydrogen (secondary N) is 1. The molecule has 1 aromatic rings. The van der Waals surface area contributed by atoms with E-state index in [-0.39, 0.29) is 16.6 Å². The topological polar surface area (TPSA) is 91.8 Å². The number of carbonyl (C=O) groups excluding carboxylic acids is 1.